The number of carbonyl (C=O) groups excluding carboxylic acids is 1. The largest absolute Gasteiger partial charge is 0.375 e. The molecule has 2 N–H and O–H groups in total. The van der Waals surface area contributed by atoms with Crippen molar-refractivity contribution in [2.45, 2.75) is 12.0 Å². The Bertz CT molecular complexity index is 688. The molecule has 5 heteroatoms. The van der Waals surface area contributed by atoms with Gasteiger partial charge in [0.25, 0.3) is 5.91 Å². The van der Waals surface area contributed by atoms with Gasteiger partial charge >= 0.3 is 0 Å². The number of benzene rings is 2. The molecule has 1 aliphatic rings. The van der Waals surface area contributed by atoms with Gasteiger partial charge in [-0.1, -0.05) is 36.4 Å². The van der Waals surface area contributed by atoms with Crippen LogP contribution in [-0.4, -0.2) is 11.0 Å². The maximum atomic E-state index is 13.7. The van der Waals surface area contributed by atoms with E-state index in [0.29, 0.717) is 0 Å². The van der Waals surface area contributed by atoms with Crippen LogP contribution in [0.25, 0.3) is 0 Å². The standard InChI is InChI=1S/C15H11F2NO2/c16-11-7-6-10-13(12(11)17)18-14(19)15(10,20)8-9-4-2-1-3-5-9/h1-7,20H,8H2,(H,18,19). The van der Waals surface area contributed by atoms with Crippen LogP contribution >= 0.6 is 0 Å². The lowest BCUT2D eigenvalue weighted by Gasteiger charge is -2.20. The molecule has 1 atom stereocenters. The number of halogens is 2. The summed E-state index contributed by atoms with van der Waals surface area (Å²) in [6.07, 6.45) is -0.00224. The fourth-order valence-corrected chi connectivity index (χ4v) is 2.42. The summed E-state index contributed by atoms with van der Waals surface area (Å²) in [5, 5.41) is 12.8. The highest BCUT2D eigenvalue weighted by atomic mass is 19.2. The van der Waals surface area contributed by atoms with Crippen LogP contribution in [0.3, 0.4) is 0 Å². The third kappa shape index (κ3) is 1.78. The Labute approximate surface area is 113 Å². The van der Waals surface area contributed by atoms with Gasteiger partial charge in [0.1, 0.15) is 0 Å². The number of hydrogen-bond donors (Lipinski definition) is 2. The molecule has 1 aliphatic heterocycles. The zero-order chi connectivity index (χ0) is 14.3. The fraction of sp³-hybridized carbons (Fsp3) is 0.133. The second kappa shape index (κ2) is 4.38. The van der Waals surface area contributed by atoms with E-state index in [2.05, 4.69) is 5.32 Å². The summed E-state index contributed by atoms with van der Waals surface area (Å²) in [5.41, 5.74) is -1.38. The van der Waals surface area contributed by atoms with Crippen molar-refractivity contribution in [2.24, 2.45) is 0 Å². The molecule has 0 bridgehead atoms. The minimum atomic E-state index is -1.88. The lowest BCUT2D eigenvalue weighted by molar-refractivity contribution is -0.133. The summed E-state index contributed by atoms with van der Waals surface area (Å²) >= 11 is 0. The van der Waals surface area contributed by atoms with Gasteiger partial charge in [-0.05, 0) is 11.6 Å². The minimum Gasteiger partial charge on any atom is -0.375 e. The van der Waals surface area contributed by atoms with Crippen molar-refractivity contribution in [1.29, 1.82) is 0 Å². The van der Waals surface area contributed by atoms with Gasteiger partial charge in [-0.25, -0.2) is 8.78 Å². The highest BCUT2D eigenvalue weighted by Gasteiger charge is 2.46. The van der Waals surface area contributed by atoms with E-state index in [1.165, 1.54) is 6.07 Å². The summed E-state index contributed by atoms with van der Waals surface area (Å²) in [6, 6.07) is 11.0. The third-order valence-corrected chi connectivity index (χ3v) is 3.46. The molecule has 102 valence electrons. The van der Waals surface area contributed by atoms with E-state index in [1.54, 1.807) is 24.3 Å². The second-order valence-electron chi connectivity index (χ2n) is 4.76. The number of rotatable bonds is 2. The molecular weight excluding hydrogens is 264 g/mol. The molecule has 0 aliphatic carbocycles. The van der Waals surface area contributed by atoms with Crippen molar-refractivity contribution >= 4 is 11.6 Å². The predicted octanol–water partition coefficient (Wildman–Crippen LogP) is 2.35. The summed E-state index contributed by atoms with van der Waals surface area (Å²) in [4.78, 5) is 12.0. The topological polar surface area (TPSA) is 49.3 Å². The molecule has 0 radical (unpaired) electrons. The minimum absolute atomic E-state index is 0.00224. The average Bonchev–Trinajstić information content (AvgIpc) is 2.68. The van der Waals surface area contributed by atoms with Gasteiger partial charge in [-0.2, -0.15) is 0 Å². The lowest BCUT2D eigenvalue weighted by atomic mass is 9.88. The Morgan fingerprint density at radius 2 is 1.80 bits per heavy atom. The first-order valence-corrected chi connectivity index (χ1v) is 6.08. The normalized spacial score (nSPS) is 20.6. The zero-order valence-electron chi connectivity index (χ0n) is 10.4. The number of nitrogens with one attached hydrogen (secondary N) is 1. The van der Waals surface area contributed by atoms with Crippen LogP contribution in [0.15, 0.2) is 42.5 Å². The Morgan fingerprint density at radius 1 is 1.10 bits per heavy atom. The molecule has 0 saturated heterocycles. The average molecular weight is 275 g/mol. The Morgan fingerprint density at radius 3 is 2.50 bits per heavy atom. The van der Waals surface area contributed by atoms with E-state index in [1.807, 2.05) is 6.07 Å². The fourth-order valence-electron chi connectivity index (χ4n) is 2.42. The molecule has 0 fully saturated rings. The van der Waals surface area contributed by atoms with Crippen LogP contribution in [0.5, 0.6) is 0 Å². The second-order valence-corrected chi connectivity index (χ2v) is 4.76. The molecule has 1 unspecified atom stereocenters. The molecule has 20 heavy (non-hydrogen) atoms. The first-order chi connectivity index (χ1) is 9.52. The Hall–Kier alpha value is -2.27. The molecule has 3 rings (SSSR count). The van der Waals surface area contributed by atoms with Crippen LogP contribution in [0.2, 0.25) is 0 Å². The van der Waals surface area contributed by atoms with E-state index >= 15 is 0 Å². The smallest absolute Gasteiger partial charge is 0.261 e. The third-order valence-electron chi connectivity index (χ3n) is 3.46. The van der Waals surface area contributed by atoms with Crippen molar-refractivity contribution in [1.82, 2.24) is 0 Å². The van der Waals surface area contributed by atoms with Gasteiger partial charge in [-0.3, -0.25) is 4.79 Å². The van der Waals surface area contributed by atoms with Crippen molar-refractivity contribution in [3.63, 3.8) is 0 Å². The molecule has 0 spiro atoms. The summed E-state index contributed by atoms with van der Waals surface area (Å²) in [6.45, 7) is 0. The van der Waals surface area contributed by atoms with Gasteiger partial charge in [0.2, 0.25) is 0 Å². The quantitative estimate of drug-likeness (QED) is 0.884. The number of hydrogen-bond acceptors (Lipinski definition) is 2. The highest BCUT2D eigenvalue weighted by molar-refractivity contribution is 6.05. The molecule has 2 aromatic carbocycles. The van der Waals surface area contributed by atoms with Crippen molar-refractivity contribution in [3.05, 3.63) is 65.2 Å². The van der Waals surface area contributed by atoms with E-state index < -0.39 is 23.1 Å². The number of amides is 1. The summed E-state index contributed by atoms with van der Waals surface area (Å²) in [7, 11) is 0. The molecule has 0 aromatic heterocycles. The van der Waals surface area contributed by atoms with E-state index in [9.17, 15) is 18.7 Å². The van der Waals surface area contributed by atoms with E-state index in [0.717, 1.165) is 11.6 Å². The maximum Gasteiger partial charge on any atom is 0.261 e. The van der Waals surface area contributed by atoms with Crippen molar-refractivity contribution < 1.29 is 18.7 Å². The summed E-state index contributed by atoms with van der Waals surface area (Å²) in [5.74, 6) is -2.96. The molecule has 3 nitrogen and oxygen atoms in total. The van der Waals surface area contributed by atoms with Gasteiger partial charge in [0.05, 0.1) is 5.69 Å². The Kier molecular flexibility index (Phi) is 2.79. The van der Waals surface area contributed by atoms with E-state index in [4.69, 9.17) is 0 Å². The van der Waals surface area contributed by atoms with Crippen LogP contribution in [-0.2, 0) is 16.8 Å². The van der Waals surface area contributed by atoms with Crippen LogP contribution in [0.4, 0.5) is 14.5 Å². The van der Waals surface area contributed by atoms with Crippen LogP contribution in [0, 0.1) is 11.6 Å². The number of carbonyl (C=O) groups is 1. The van der Waals surface area contributed by atoms with Gasteiger partial charge in [0.15, 0.2) is 17.2 Å². The SMILES string of the molecule is O=C1Nc2c(ccc(F)c2F)C1(O)Cc1ccccc1. The molecule has 0 saturated carbocycles. The molecular formula is C15H11F2NO2. The number of anilines is 1. The first kappa shape index (κ1) is 12.7. The lowest BCUT2D eigenvalue weighted by Crippen LogP contribution is -2.36. The van der Waals surface area contributed by atoms with Crippen LogP contribution in [0.1, 0.15) is 11.1 Å². The van der Waals surface area contributed by atoms with Gasteiger partial charge in [-0.15, -0.1) is 0 Å². The zero-order valence-corrected chi connectivity index (χ0v) is 10.4. The number of fused-ring (bicyclic) bond motifs is 1. The summed E-state index contributed by atoms with van der Waals surface area (Å²) < 4.78 is 26.8. The Balaban J connectivity index is 2.07. The highest BCUT2D eigenvalue weighted by Crippen LogP contribution is 2.40. The van der Waals surface area contributed by atoms with Crippen molar-refractivity contribution in [2.75, 3.05) is 5.32 Å². The first-order valence-electron chi connectivity index (χ1n) is 6.08. The molecule has 2 aromatic rings. The molecule has 1 heterocycles. The van der Waals surface area contributed by atoms with Gasteiger partial charge in [0, 0.05) is 12.0 Å². The van der Waals surface area contributed by atoms with Gasteiger partial charge < -0.3 is 10.4 Å². The van der Waals surface area contributed by atoms with E-state index in [-0.39, 0.29) is 17.7 Å². The van der Waals surface area contributed by atoms with Crippen molar-refractivity contribution in [3.8, 4) is 0 Å². The predicted molar refractivity (Wildman–Crippen MR) is 69.0 cm³/mol. The van der Waals surface area contributed by atoms with Crippen LogP contribution < -0.4 is 5.32 Å². The molecule has 1 amide bonds. The number of aliphatic hydroxyl groups is 1. The maximum absolute atomic E-state index is 13.7. The monoisotopic (exact) mass is 275 g/mol.